The first-order valence-corrected chi connectivity index (χ1v) is 11.9. The summed E-state index contributed by atoms with van der Waals surface area (Å²) in [6.45, 7) is 5.21. The van der Waals surface area contributed by atoms with Crippen molar-refractivity contribution in [2.45, 2.75) is 51.2 Å². The smallest absolute Gasteiger partial charge is 0.275 e. The number of amides is 1. The molecular weight excluding hydrogens is 420 g/mol. The predicted octanol–water partition coefficient (Wildman–Crippen LogP) is 3.41. The third-order valence-electron chi connectivity index (χ3n) is 6.93. The van der Waals surface area contributed by atoms with Gasteiger partial charge < -0.3 is 18.8 Å². The second kappa shape index (κ2) is 11.0. The summed E-state index contributed by atoms with van der Waals surface area (Å²) in [6, 6.07) is 6.29. The number of hydrogen-bond acceptors (Lipinski definition) is 7. The van der Waals surface area contributed by atoms with Crippen LogP contribution in [0.5, 0.6) is 11.5 Å². The standard InChI is InChI=1S/C25H36N4O4/c1-27(20-7-5-4-6-8-20)25(30)22-18-33-24(26-22)17-29-13-11-28(12-14-29)16-19-9-10-21(31-2)15-23(19)32-3/h9-10,15,18,20H,4-8,11-14,16-17H2,1-3H3. The minimum absolute atomic E-state index is 0.0323. The molecular formula is C25H36N4O4. The van der Waals surface area contributed by atoms with Crippen LogP contribution in [0.2, 0.25) is 0 Å². The Bertz CT molecular complexity index is 917. The molecule has 4 rings (SSSR count). The van der Waals surface area contributed by atoms with Crippen molar-refractivity contribution >= 4 is 5.91 Å². The molecule has 0 unspecified atom stereocenters. The van der Waals surface area contributed by atoms with Crippen molar-refractivity contribution < 1.29 is 18.7 Å². The van der Waals surface area contributed by atoms with E-state index in [2.05, 4.69) is 20.9 Å². The Balaban J connectivity index is 1.27. The number of rotatable bonds is 8. The minimum Gasteiger partial charge on any atom is -0.497 e. The molecule has 1 aromatic carbocycles. The van der Waals surface area contributed by atoms with E-state index in [1.807, 2.05) is 24.1 Å². The van der Waals surface area contributed by atoms with Crippen LogP contribution >= 0.6 is 0 Å². The molecule has 8 heteroatoms. The van der Waals surface area contributed by atoms with Gasteiger partial charge in [-0.15, -0.1) is 0 Å². The van der Waals surface area contributed by atoms with Crippen LogP contribution in [0.3, 0.4) is 0 Å². The van der Waals surface area contributed by atoms with Gasteiger partial charge in [0, 0.05) is 57.4 Å². The Labute approximate surface area is 196 Å². The molecule has 2 aromatic rings. The number of piperazine rings is 1. The molecule has 1 amide bonds. The second-order valence-electron chi connectivity index (χ2n) is 9.06. The molecule has 1 aliphatic carbocycles. The number of nitrogens with zero attached hydrogens (tertiary/aromatic N) is 4. The monoisotopic (exact) mass is 456 g/mol. The topological polar surface area (TPSA) is 71.3 Å². The van der Waals surface area contributed by atoms with Crippen LogP contribution in [0.4, 0.5) is 0 Å². The average Bonchev–Trinajstić information content (AvgIpc) is 3.33. The third kappa shape index (κ3) is 5.86. The Hall–Kier alpha value is -2.58. The van der Waals surface area contributed by atoms with Crippen LogP contribution in [0.1, 0.15) is 54.0 Å². The lowest BCUT2D eigenvalue weighted by Gasteiger charge is -2.34. The summed E-state index contributed by atoms with van der Waals surface area (Å²) >= 11 is 0. The van der Waals surface area contributed by atoms with E-state index in [0.29, 0.717) is 24.2 Å². The van der Waals surface area contributed by atoms with Crippen molar-refractivity contribution in [3.63, 3.8) is 0 Å². The number of aromatic nitrogens is 1. The van der Waals surface area contributed by atoms with Gasteiger partial charge in [0.25, 0.3) is 5.91 Å². The van der Waals surface area contributed by atoms with Crippen LogP contribution in [0, 0.1) is 0 Å². The number of ether oxygens (including phenoxy) is 2. The highest BCUT2D eigenvalue weighted by Gasteiger charge is 2.26. The van der Waals surface area contributed by atoms with Gasteiger partial charge in [-0.05, 0) is 18.9 Å². The van der Waals surface area contributed by atoms with E-state index < -0.39 is 0 Å². The Morgan fingerprint density at radius 2 is 1.76 bits per heavy atom. The highest BCUT2D eigenvalue weighted by molar-refractivity contribution is 5.92. The summed E-state index contributed by atoms with van der Waals surface area (Å²) in [5.41, 5.74) is 1.58. The van der Waals surface area contributed by atoms with E-state index in [0.717, 1.165) is 62.6 Å². The number of carbonyl (C=O) groups is 1. The quantitative estimate of drug-likeness (QED) is 0.603. The van der Waals surface area contributed by atoms with Crippen LogP contribution in [-0.4, -0.2) is 79.1 Å². The summed E-state index contributed by atoms with van der Waals surface area (Å²) in [5, 5.41) is 0. The van der Waals surface area contributed by atoms with Crippen molar-refractivity contribution in [3.8, 4) is 11.5 Å². The minimum atomic E-state index is -0.0323. The van der Waals surface area contributed by atoms with Gasteiger partial charge in [-0.2, -0.15) is 0 Å². The van der Waals surface area contributed by atoms with E-state index in [9.17, 15) is 4.79 Å². The number of oxazole rings is 1. The first-order valence-electron chi connectivity index (χ1n) is 11.9. The molecule has 0 N–H and O–H groups in total. The molecule has 0 spiro atoms. The van der Waals surface area contributed by atoms with Crippen molar-refractivity contribution in [1.82, 2.24) is 19.7 Å². The maximum atomic E-state index is 12.8. The summed E-state index contributed by atoms with van der Waals surface area (Å²) in [4.78, 5) is 23.9. The van der Waals surface area contributed by atoms with Gasteiger partial charge >= 0.3 is 0 Å². The Kier molecular flexibility index (Phi) is 7.88. The fourth-order valence-corrected chi connectivity index (χ4v) is 4.82. The maximum absolute atomic E-state index is 12.8. The molecule has 180 valence electrons. The molecule has 2 heterocycles. The molecule has 2 aliphatic rings. The van der Waals surface area contributed by atoms with Gasteiger partial charge in [0.15, 0.2) is 5.69 Å². The van der Waals surface area contributed by atoms with Crippen molar-refractivity contribution in [3.05, 3.63) is 41.6 Å². The van der Waals surface area contributed by atoms with Gasteiger partial charge in [0.1, 0.15) is 17.8 Å². The number of carbonyl (C=O) groups excluding carboxylic acids is 1. The van der Waals surface area contributed by atoms with Gasteiger partial charge in [0.2, 0.25) is 5.89 Å². The van der Waals surface area contributed by atoms with E-state index in [4.69, 9.17) is 13.9 Å². The molecule has 8 nitrogen and oxygen atoms in total. The van der Waals surface area contributed by atoms with Crippen molar-refractivity contribution in [2.75, 3.05) is 47.4 Å². The first-order chi connectivity index (χ1) is 16.1. The zero-order valence-corrected chi connectivity index (χ0v) is 20.1. The second-order valence-corrected chi connectivity index (χ2v) is 9.06. The fraction of sp³-hybridized carbons (Fsp3) is 0.600. The molecule has 0 radical (unpaired) electrons. The molecule has 1 saturated carbocycles. The highest BCUT2D eigenvalue weighted by Crippen LogP contribution is 2.26. The van der Waals surface area contributed by atoms with Gasteiger partial charge in [-0.1, -0.05) is 25.3 Å². The summed E-state index contributed by atoms with van der Waals surface area (Å²) < 4.78 is 16.5. The number of benzene rings is 1. The van der Waals surface area contributed by atoms with Crippen molar-refractivity contribution in [2.24, 2.45) is 0 Å². The normalized spacial score (nSPS) is 18.3. The van der Waals surface area contributed by atoms with E-state index in [1.165, 1.54) is 25.5 Å². The lowest BCUT2D eigenvalue weighted by molar-refractivity contribution is 0.0690. The molecule has 1 saturated heterocycles. The zero-order valence-electron chi connectivity index (χ0n) is 20.1. The van der Waals surface area contributed by atoms with E-state index in [1.54, 1.807) is 14.2 Å². The van der Waals surface area contributed by atoms with Crippen LogP contribution < -0.4 is 9.47 Å². The van der Waals surface area contributed by atoms with Crippen LogP contribution in [-0.2, 0) is 13.1 Å². The van der Waals surface area contributed by atoms with E-state index in [-0.39, 0.29) is 5.91 Å². The SMILES string of the molecule is COc1ccc(CN2CCN(Cc3nc(C(=O)N(C)C4CCCCC4)co3)CC2)c(OC)c1. The molecule has 1 aliphatic heterocycles. The lowest BCUT2D eigenvalue weighted by atomic mass is 9.94. The van der Waals surface area contributed by atoms with Crippen LogP contribution in [0.15, 0.2) is 28.9 Å². The first kappa shape index (κ1) is 23.6. The number of hydrogen-bond donors (Lipinski definition) is 0. The lowest BCUT2D eigenvalue weighted by Crippen LogP contribution is -2.45. The molecule has 0 atom stereocenters. The molecule has 1 aromatic heterocycles. The van der Waals surface area contributed by atoms with Crippen molar-refractivity contribution in [1.29, 1.82) is 0 Å². The van der Waals surface area contributed by atoms with E-state index >= 15 is 0 Å². The largest absolute Gasteiger partial charge is 0.497 e. The summed E-state index contributed by atoms with van der Waals surface area (Å²) in [7, 11) is 5.25. The van der Waals surface area contributed by atoms with Crippen LogP contribution in [0.25, 0.3) is 0 Å². The summed E-state index contributed by atoms with van der Waals surface area (Å²) in [5.74, 6) is 2.23. The highest BCUT2D eigenvalue weighted by atomic mass is 16.5. The molecule has 33 heavy (non-hydrogen) atoms. The van der Waals surface area contributed by atoms with Gasteiger partial charge in [-0.3, -0.25) is 14.6 Å². The zero-order chi connectivity index (χ0) is 23.2. The average molecular weight is 457 g/mol. The van der Waals surface area contributed by atoms with Gasteiger partial charge in [-0.25, -0.2) is 4.98 Å². The fourth-order valence-electron chi connectivity index (χ4n) is 4.82. The van der Waals surface area contributed by atoms with Gasteiger partial charge in [0.05, 0.1) is 20.8 Å². The summed E-state index contributed by atoms with van der Waals surface area (Å²) in [6.07, 6.45) is 7.35. The number of methoxy groups -OCH3 is 2. The molecule has 0 bridgehead atoms. The maximum Gasteiger partial charge on any atom is 0.275 e. The Morgan fingerprint density at radius 1 is 1.06 bits per heavy atom. The molecule has 2 fully saturated rings. The Morgan fingerprint density at radius 3 is 2.42 bits per heavy atom. The predicted molar refractivity (Wildman–Crippen MR) is 126 cm³/mol. The third-order valence-corrected chi connectivity index (χ3v) is 6.93.